The third-order valence-electron chi connectivity index (χ3n) is 5.55. The second kappa shape index (κ2) is 22.5. The van der Waals surface area contributed by atoms with E-state index in [4.69, 9.17) is 0 Å². The summed E-state index contributed by atoms with van der Waals surface area (Å²) in [4.78, 5) is 11.9. The van der Waals surface area contributed by atoms with Gasteiger partial charge in [0.25, 0.3) is 0 Å². The Hall–Kier alpha value is -0.790. The molecular formula is C26H51NO. The molecule has 0 saturated carbocycles. The van der Waals surface area contributed by atoms with Gasteiger partial charge in [-0.3, -0.25) is 4.79 Å². The summed E-state index contributed by atoms with van der Waals surface area (Å²) in [5, 5.41) is 3.13. The molecule has 0 rings (SSSR count). The van der Waals surface area contributed by atoms with Crippen molar-refractivity contribution in [2.75, 3.05) is 0 Å². The van der Waals surface area contributed by atoms with Gasteiger partial charge in [-0.25, -0.2) is 0 Å². The topological polar surface area (TPSA) is 29.1 Å². The van der Waals surface area contributed by atoms with Crippen LogP contribution in [-0.4, -0.2) is 11.9 Å². The number of hydrogen-bond acceptors (Lipinski definition) is 1. The SMILES string of the molecule is CCCCCCCCCCCCCC=CC[C@H](C)NC(=O)CCCCCCC. The molecule has 0 fully saturated rings. The van der Waals surface area contributed by atoms with Gasteiger partial charge in [0.05, 0.1) is 0 Å². The highest BCUT2D eigenvalue weighted by Crippen LogP contribution is 2.12. The Morgan fingerprint density at radius 1 is 0.679 bits per heavy atom. The molecule has 0 aliphatic carbocycles. The van der Waals surface area contributed by atoms with Crippen molar-refractivity contribution in [3.63, 3.8) is 0 Å². The minimum absolute atomic E-state index is 0.225. The van der Waals surface area contributed by atoms with Crippen LogP contribution in [0.4, 0.5) is 0 Å². The summed E-state index contributed by atoms with van der Waals surface area (Å²) in [7, 11) is 0. The van der Waals surface area contributed by atoms with E-state index in [-0.39, 0.29) is 11.9 Å². The summed E-state index contributed by atoms with van der Waals surface area (Å²) in [6.07, 6.45) is 28.9. The third kappa shape index (κ3) is 21.5. The van der Waals surface area contributed by atoms with E-state index in [0.717, 1.165) is 12.8 Å². The predicted octanol–water partition coefficient (Wildman–Crippen LogP) is 8.50. The lowest BCUT2D eigenvalue weighted by Crippen LogP contribution is -2.31. The summed E-state index contributed by atoms with van der Waals surface area (Å²) < 4.78 is 0. The first-order valence-electron chi connectivity index (χ1n) is 12.6. The minimum atomic E-state index is 0.225. The minimum Gasteiger partial charge on any atom is -0.353 e. The van der Waals surface area contributed by atoms with E-state index in [1.165, 1.54) is 103 Å². The zero-order valence-electron chi connectivity index (χ0n) is 19.6. The molecule has 0 aliphatic heterocycles. The van der Waals surface area contributed by atoms with Crippen LogP contribution in [0.5, 0.6) is 0 Å². The highest BCUT2D eigenvalue weighted by molar-refractivity contribution is 5.76. The van der Waals surface area contributed by atoms with Crippen molar-refractivity contribution in [3.05, 3.63) is 12.2 Å². The maximum atomic E-state index is 11.9. The molecule has 0 aromatic rings. The number of rotatable bonds is 21. The lowest BCUT2D eigenvalue weighted by Gasteiger charge is -2.11. The van der Waals surface area contributed by atoms with E-state index in [0.29, 0.717) is 6.42 Å². The third-order valence-corrected chi connectivity index (χ3v) is 5.55. The molecule has 166 valence electrons. The molecule has 0 radical (unpaired) electrons. The molecule has 1 N–H and O–H groups in total. The number of nitrogens with one attached hydrogen (secondary N) is 1. The van der Waals surface area contributed by atoms with Crippen LogP contribution in [0.3, 0.4) is 0 Å². The number of hydrogen-bond donors (Lipinski definition) is 1. The highest BCUT2D eigenvalue weighted by Gasteiger charge is 2.05. The summed E-state index contributed by atoms with van der Waals surface area (Å²) in [6, 6.07) is 0.261. The average Bonchev–Trinajstić information content (AvgIpc) is 2.68. The van der Waals surface area contributed by atoms with Crippen molar-refractivity contribution >= 4 is 5.91 Å². The fourth-order valence-electron chi connectivity index (χ4n) is 3.64. The van der Waals surface area contributed by atoms with Crippen LogP contribution in [0.15, 0.2) is 12.2 Å². The van der Waals surface area contributed by atoms with Crippen LogP contribution in [0.25, 0.3) is 0 Å². The Balaban J connectivity index is 3.36. The van der Waals surface area contributed by atoms with Gasteiger partial charge in [-0.15, -0.1) is 0 Å². The van der Waals surface area contributed by atoms with Gasteiger partial charge in [0.2, 0.25) is 5.91 Å². The van der Waals surface area contributed by atoms with Gasteiger partial charge in [-0.2, -0.15) is 0 Å². The Morgan fingerprint density at radius 3 is 1.68 bits per heavy atom. The van der Waals surface area contributed by atoms with Crippen LogP contribution < -0.4 is 5.32 Å². The Kier molecular flexibility index (Phi) is 21.9. The molecule has 0 bridgehead atoms. The van der Waals surface area contributed by atoms with E-state index < -0.39 is 0 Å². The standard InChI is InChI=1S/C26H51NO/c1-4-6-8-10-11-12-13-14-15-16-17-18-20-21-23-25(3)27-26(28)24-22-19-9-7-5-2/h20-21,25H,4-19,22-24H2,1-3H3,(H,27,28)/t25-/m0/s1. The summed E-state index contributed by atoms with van der Waals surface area (Å²) in [6.45, 7) is 6.62. The fourth-order valence-corrected chi connectivity index (χ4v) is 3.64. The van der Waals surface area contributed by atoms with Crippen LogP contribution >= 0.6 is 0 Å². The van der Waals surface area contributed by atoms with Gasteiger partial charge in [0.1, 0.15) is 0 Å². The van der Waals surface area contributed by atoms with Crippen molar-refractivity contribution in [1.29, 1.82) is 0 Å². The van der Waals surface area contributed by atoms with E-state index in [1.54, 1.807) is 0 Å². The molecule has 0 aliphatic rings. The Bertz CT molecular complexity index is 350. The molecule has 2 heteroatoms. The van der Waals surface area contributed by atoms with Crippen molar-refractivity contribution < 1.29 is 4.79 Å². The molecule has 1 atom stereocenters. The smallest absolute Gasteiger partial charge is 0.220 e. The van der Waals surface area contributed by atoms with E-state index >= 15 is 0 Å². The first kappa shape index (κ1) is 27.2. The normalized spacial score (nSPS) is 12.5. The monoisotopic (exact) mass is 393 g/mol. The summed E-state index contributed by atoms with van der Waals surface area (Å²) in [5.74, 6) is 0.225. The molecule has 2 nitrogen and oxygen atoms in total. The molecule has 0 unspecified atom stereocenters. The van der Waals surface area contributed by atoms with Crippen LogP contribution in [0, 0.1) is 0 Å². The zero-order valence-corrected chi connectivity index (χ0v) is 19.6. The molecule has 1 amide bonds. The lowest BCUT2D eigenvalue weighted by molar-refractivity contribution is -0.121. The van der Waals surface area contributed by atoms with Crippen LogP contribution in [-0.2, 0) is 4.79 Å². The first-order chi connectivity index (χ1) is 13.7. The summed E-state index contributed by atoms with van der Waals surface area (Å²) in [5.41, 5.74) is 0. The maximum absolute atomic E-state index is 11.9. The van der Waals surface area contributed by atoms with Crippen LogP contribution in [0.1, 0.15) is 143 Å². The average molecular weight is 394 g/mol. The van der Waals surface area contributed by atoms with Crippen molar-refractivity contribution in [2.45, 2.75) is 149 Å². The number of carbonyl (C=O) groups excluding carboxylic acids is 1. The molecule has 28 heavy (non-hydrogen) atoms. The molecule has 0 aromatic carbocycles. The van der Waals surface area contributed by atoms with Crippen molar-refractivity contribution in [3.8, 4) is 0 Å². The Morgan fingerprint density at radius 2 is 1.14 bits per heavy atom. The first-order valence-corrected chi connectivity index (χ1v) is 12.6. The summed E-state index contributed by atoms with van der Waals surface area (Å²) >= 11 is 0. The number of amides is 1. The van der Waals surface area contributed by atoms with Gasteiger partial charge in [0, 0.05) is 12.5 Å². The van der Waals surface area contributed by atoms with Crippen molar-refractivity contribution in [2.24, 2.45) is 0 Å². The quantitative estimate of drug-likeness (QED) is 0.154. The van der Waals surface area contributed by atoms with Crippen molar-refractivity contribution in [1.82, 2.24) is 5.32 Å². The molecule has 0 heterocycles. The van der Waals surface area contributed by atoms with E-state index in [1.807, 2.05) is 0 Å². The number of carbonyl (C=O) groups is 1. The lowest BCUT2D eigenvalue weighted by atomic mass is 10.1. The van der Waals surface area contributed by atoms with E-state index in [2.05, 4.69) is 38.2 Å². The van der Waals surface area contributed by atoms with Gasteiger partial charge < -0.3 is 5.32 Å². The molecular weight excluding hydrogens is 342 g/mol. The number of unbranched alkanes of at least 4 members (excludes halogenated alkanes) is 15. The van der Waals surface area contributed by atoms with Gasteiger partial charge in [0.15, 0.2) is 0 Å². The fraction of sp³-hybridized carbons (Fsp3) is 0.885. The second-order valence-corrected chi connectivity index (χ2v) is 8.66. The van der Waals surface area contributed by atoms with E-state index in [9.17, 15) is 4.79 Å². The second-order valence-electron chi connectivity index (χ2n) is 8.66. The maximum Gasteiger partial charge on any atom is 0.220 e. The van der Waals surface area contributed by atoms with Crippen LogP contribution in [0.2, 0.25) is 0 Å². The molecule has 0 aromatic heterocycles. The Labute approximate surface area is 177 Å². The predicted molar refractivity (Wildman–Crippen MR) is 126 cm³/mol. The van der Waals surface area contributed by atoms with Gasteiger partial charge >= 0.3 is 0 Å². The largest absolute Gasteiger partial charge is 0.353 e. The number of allylic oxidation sites excluding steroid dienone is 1. The highest BCUT2D eigenvalue weighted by atomic mass is 16.1. The molecule has 0 saturated heterocycles. The van der Waals surface area contributed by atoms with Gasteiger partial charge in [-0.05, 0) is 32.6 Å². The van der Waals surface area contributed by atoms with Gasteiger partial charge in [-0.1, -0.05) is 116 Å². The zero-order chi connectivity index (χ0) is 20.7. The molecule has 0 spiro atoms.